The van der Waals surface area contributed by atoms with Gasteiger partial charge in [-0.05, 0) is 27.7 Å². The summed E-state index contributed by atoms with van der Waals surface area (Å²) in [5.41, 5.74) is -2.53. The van der Waals surface area contributed by atoms with E-state index < -0.39 is 46.5 Å². The van der Waals surface area contributed by atoms with Gasteiger partial charge in [0.2, 0.25) is 0 Å². The van der Waals surface area contributed by atoms with Crippen LogP contribution in [-0.4, -0.2) is 48.3 Å². The Morgan fingerprint density at radius 2 is 0.917 bits per heavy atom. The molecule has 8 heteroatoms. The van der Waals surface area contributed by atoms with Gasteiger partial charge in [0, 0.05) is 0 Å². The molecule has 2 N–H and O–H groups in total. The Hall–Kier alpha value is -2.12. The highest BCUT2D eigenvalue weighted by Crippen LogP contribution is 2.38. The molecule has 0 aliphatic heterocycles. The average Bonchev–Trinajstić information content (AvgIpc) is 2.51. The number of ether oxygens (including phenoxy) is 2. The summed E-state index contributed by atoms with van der Waals surface area (Å²) in [6, 6.07) is 0. The number of hydrogen-bond donors (Lipinski definition) is 2. The molecule has 2 unspecified atom stereocenters. The highest BCUT2D eigenvalue weighted by molar-refractivity contribution is 5.85. The molecule has 0 spiro atoms. The van der Waals surface area contributed by atoms with E-state index in [1.54, 1.807) is 13.8 Å². The first-order valence-electron chi connectivity index (χ1n) is 7.30. The van der Waals surface area contributed by atoms with Gasteiger partial charge in [-0.3, -0.25) is 19.2 Å². The van der Waals surface area contributed by atoms with Crippen LogP contribution in [0.1, 0.15) is 41.5 Å². The van der Waals surface area contributed by atoms with Crippen LogP contribution in [0.5, 0.6) is 0 Å². The molecule has 24 heavy (non-hydrogen) atoms. The van der Waals surface area contributed by atoms with E-state index in [0.717, 1.165) is 0 Å². The Morgan fingerprint density at radius 3 is 1.04 bits per heavy atom. The molecular weight excluding hydrogens is 320 g/mol. The standard InChI is InChI=1S/2C8H14O4/c1-7(2,5(9)10)8(3,4)6(11)12;1-5(7(9)11-3)6(2)8(10)12-4/h1-4H3,(H,9,10)(H,11,12);5-6H,1-4H3. The number of methoxy groups -OCH3 is 2. The van der Waals surface area contributed by atoms with E-state index in [1.807, 2.05) is 0 Å². The van der Waals surface area contributed by atoms with Crippen molar-refractivity contribution in [1.29, 1.82) is 0 Å². The third-order valence-corrected chi connectivity index (χ3v) is 4.53. The monoisotopic (exact) mass is 348 g/mol. The van der Waals surface area contributed by atoms with Crippen LogP contribution in [0.25, 0.3) is 0 Å². The highest BCUT2D eigenvalue weighted by atomic mass is 16.5. The Kier molecular flexibility index (Phi) is 9.30. The summed E-state index contributed by atoms with van der Waals surface area (Å²) >= 11 is 0. The van der Waals surface area contributed by atoms with Gasteiger partial charge >= 0.3 is 23.9 Å². The molecule has 0 saturated heterocycles. The lowest BCUT2D eigenvalue weighted by Gasteiger charge is -2.33. The zero-order chi connectivity index (χ0) is 19.9. The second-order valence-corrected chi connectivity index (χ2v) is 6.48. The van der Waals surface area contributed by atoms with E-state index >= 15 is 0 Å². The summed E-state index contributed by atoms with van der Waals surface area (Å²) < 4.78 is 8.96. The smallest absolute Gasteiger partial charge is 0.310 e. The fourth-order valence-corrected chi connectivity index (χ4v) is 1.31. The van der Waals surface area contributed by atoms with E-state index in [0.29, 0.717) is 0 Å². The number of esters is 2. The minimum absolute atomic E-state index is 0.395. The van der Waals surface area contributed by atoms with Gasteiger partial charge < -0.3 is 19.7 Å². The summed E-state index contributed by atoms with van der Waals surface area (Å²) in [4.78, 5) is 43.3. The second kappa shape index (κ2) is 9.24. The van der Waals surface area contributed by atoms with Crippen molar-refractivity contribution < 1.29 is 38.9 Å². The number of carboxylic acids is 2. The molecule has 0 aliphatic rings. The summed E-state index contributed by atoms with van der Waals surface area (Å²) in [5.74, 6) is -3.91. The molecule has 0 fully saturated rings. The molecule has 140 valence electrons. The van der Waals surface area contributed by atoms with E-state index in [-0.39, 0.29) is 0 Å². The number of carbonyl (C=O) groups excluding carboxylic acids is 2. The topological polar surface area (TPSA) is 127 Å². The van der Waals surface area contributed by atoms with Crippen LogP contribution in [0, 0.1) is 22.7 Å². The first-order chi connectivity index (χ1) is 10.7. The van der Waals surface area contributed by atoms with E-state index in [9.17, 15) is 19.2 Å². The molecule has 2 atom stereocenters. The number of carboxylic acid groups (broad SMARTS) is 2. The van der Waals surface area contributed by atoms with Crippen LogP contribution < -0.4 is 0 Å². The molecule has 0 aromatic carbocycles. The maximum Gasteiger partial charge on any atom is 0.310 e. The molecule has 8 nitrogen and oxygen atoms in total. The molecule has 0 aliphatic carbocycles. The van der Waals surface area contributed by atoms with Crippen LogP contribution in [-0.2, 0) is 28.7 Å². The summed E-state index contributed by atoms with van der Waals surface area (Å²) in [6.07, 6.45) is 0. The minimum Gasteiger partial charge on any atom is -0.481 e. The van der Waals surface area contributed by atoms with E-state index in [1.165, 1.54) is 41.9 Å². The molecule has 0 aromatic rings. The van der Waals surface area contributed by atoms with Crippen LogP contribution in [0.3, 0.4) is 0 Å². The molecule has 0 amide bonds. The van der Waals surface area contributed by atoms with Gasteiger partial charge in [0.25, 0.3) is 0 Å². The van der Waals surface area contributed by atoms with Crippen molar-refractivity contribution in [2.24, 2.45) is 22.7 Å². The van der Waals surface area contributed by atoms with Crippen molar-refractivity contribution in [2.75, 3.05) is 14.2 Å². The van der Waals surface area contributed by atoms with Crippen molar-refractivity contribution in [2.45, 2.75) is 41.5 Å². The largest absolute Gasteiger partial charge is 0.481 e. The van der Waals surface area contributed by atoms with Gasteiger partial charge in [-0.2, -0.15) is 0 Å². The molecule has 0 saturated carbocycles. The number of rotatable bonds is 6. The maximum atomic E-state index is 10.9. The summed E-state index contributed by atoms with van der Waals surface area (Å²) in [6.45, 7) is 8.89. The predicted octanol–water partition coefficient (Wildman–Crippen LogP) is 1.81. The zero-order valence-corrected chi connectivity index (χ0v) is 15.5. The first kappa shape index (κ1) is 24.1. The van der Waals surface area contributed by atoms with Gasteiger partial charge in [-0.15, -0.1) is 0 Å². The molecule has 0 heterocycles. The fraction of sp³-hybridized carbons (Fsp3) is 0.750. The number of aliphatic carboxylic acids is 2. The Balaban J connectivity index is 0. The third-order valence-electron chi connectivity index (χ3n) is 4.53. The van der Waals surface area contributed by atoms with Gasteiger partial charge in [0.15, 0.2) is 0 Å². The molecule has 0 radical (unpaired) electrons. The van der Waals surface area contributed by atoms with Crippen LogP contribution >= 0.6 is 0 Å². The SMILES string of the molecule is CC(C)(C(=O)O)C(C)(C)C(=O)O.COC(=O)C(C)C(C)C(=O)OC. The quantitative estimate of drug-likeness (QED) is 0.696. The number of carbonyl (C=O) groups is 4. The van der Waals surface area contributed by atoms with Crippen molar-refractivity contribution in [3.05, 3.63) is 0 Å². The summed E-state index contributed by atoms with van der Waals surface area (Å²) in [7, 11) is 2.59. The fourth-order valence-electron chi connectivity index (χ4n) is 1.31. The Bertz CT molecular complexity index is 434. The highest BCUT2D eigenvalue weighted by Gasteiger charge is 2.48. The van der Waals surface area contributed by atoms with Gasteiger partial charge in [0.05, 0.1) is 36.9 Å². The van der Waals surface area contributed by atoms with Gasteiger partial charge in [-0.1, -0.05) is 13.8 Å². The average molecular weight is 348 g/mol. The Morgan fingerprint density at radius 1 is 0.708 bits per heavy atom. The predicted molar refractivity (Wildman–Crippen MR) is 85.2 cm³/mol. The van der Waals surface area contributed by atoms with Crippen molar-refractivity contribution in [3.8, 4) is 0 Å². The van der Waals surface area contributed by atoms with E-state index in [4.69, 9.17) is 10.2 Å². The maximum absolute atomic E-state index is 10.9. The second-order valence-electron chi connectivity index (χ2n) is 6.48. The van der Waals surface area contributed by atoms with E-state index in [2.05, 4.69) is 9.47 Å². The zero-order valence-electron chi connectivity index (χ0n) is 15.5. The summed E-state index contributed by atoms with van der Waals surface area (Å²) in [5, 5.41) is 17.5. The van der Waals surface area contributed by atoms with Gasteiger partial charge in [-0.25, -0.2) is 0 Å². The number of hydrogen-bond acceptors (Lipinski definition) is 6. The van der Waals surface area contributed by atoms with Gasteiger partial charge in [0.1, 0.15) is 0 Å². The van der Waals surface area contributed by atoms with Crippen LogP contribution in [0.15, 0.2) is 0 Å². The molecular formula is C16H28O8. The lowest BCUT2D eigenvalue weighted by Crippen LogP contribution is -2.44. The van der Waals surface area contributed by atoms with Crippen LogP contribution in [0.4, 0.5) is 0 Å². The van der Waals surface area contributed by atoms with Crippen molar-refractivity contribution >= 4 is 23.9 Å². The minimum atomic E-state index is -1.27. The van der Waals surface area contributed by atoms with Crippen molar-refractivity contribution in [3.63, 3.8) is 0 Å². The van der Waals surface area contributed by atoms with Crippen molar-refractivity contribution in [1.82, 2.24) is 0 Å². The lowest BCUT2D eigenvalue weighted by molar-refractivity contribution is -0.167. The molecule has 0 bridgehead atoms. The lowest BCUT2D eigenvalue weighted by atomic mass is 9.68. The normalized spacial score (nSPS) is 13.7. The molecule has 0 rings (SSSR count). The third kappa shape index (κ3) is 5.82. The van der Waals surface area contributed by atoms with Crippen LogP contribution in [0.2, 0.25) is 0 Å². The first-order valence-corrected chi connectivity index (χ1v) is 7.30. The molecule has 0 aromatic heterocycles. The Labute approximate surface area is 142 Å².